The minimum Gasteiger partial charge on any atom is -0.492 e. The summed E-state index contributed by atoms with van der Waals surface area (Å²) in [5.41, 5.74) is 9.49. The molecule has 0 spiro atoms. The second kappa shape index (κ2) is 12.3. The van der Waals surface area contributed by atoms with Crippen molar-refractivity contribution in [2.45, 2.75) is 19.8 Å². The molecule has 0 aliphatic carbocycles. The highest BCUT2D eigenvalue weighted by Gasteiger charge is 2.21. The standard InChI is InChI=1S/C29H27N3O3S2/c1-19-24(18-21-12-6-3-7-13-21)37-28(25(19)26(30)33)32-29(36)31-27(34)22-14-8-9-15-23(22)35-17-16-20-10-4-2-5-11-20/h2-15H,16-18H2,1H3,(H2,30,33)(H2,31,32,34,36). The maximum atomic E-state index is 13.0. The van der Waals surface area contributed by atoms with Crippen molar-refractivity contribution in [1.29, 1.82) is 0 Å². The van der Waals surface area contributed by atoms with Crippen molar-refractivity contribution in [2.75, 3.05) is 11.9 Å². The summed E-state index contributed by atoms with van der Waals surface area (Å²) in [5.74, 6) is -0.498. The van der Waals surface area contributed by atoms with Gasteiger partial charge in [-0.25, -0.2) is 0 Å². The first-order chi connectivity index (χ1) is 17.9. The number of para-hydroxylation sites is 1. The van der Waals surface area contributed by atoms with E-state index in [-0.39, 0.29) is 5.11 Å². The number of hydrogen-bond acceptors (Lipinski definition) is 5. The summed E-state index contributed by atoms with van der Waals surface area (Å²) >= 11 is 6.80. The SMILES string of the molecule is Cc1c(Cc2ccccc2)sc(NC(=S)NC(=O)c2ccccc2OCCc2ccccc2)c1C(N)=O. The summed E-state index contributed by atoms with van der Waals surface area (Å²) in [7, 11) is 0. The smallest absolute Gasteiger partial charge is 0.261 e. The molecule has 0 saturated carbocycles. The van der Waals surface area contributed by atoms with E-state index in [1.54, 1.807) is 18.2 Å². The Hall–Kier alpha value is -4.01. The van der Waals surface area contributed by atoms with E-state index < -0.39 is 11.8 Å². The minimum absolute atomic E-state index is 0.0686. The normalized spacial score (nSPS) is 10.5. The molecule has 4 N–H and O–H groups in total. The highest BCUT2D eigenvalue weighted by atomic mass is 32.1. The third-order valence-corrected chi connectivity index (χ3v) is 7.19. The predicted octanol–water partition coefficient (Wildman–Crippen LogP) is 5.49. The van der Waals surface area contributed by atoms with Gasteiger partial charge in [0.1, 0.15) is 10.8 Å². The van der Waals surface area contributed by atoms with Gasteiger partial charge in [-0.15, -0.1) is 11.3 Å². The number of nitrogens with one attached hydrogen (secondary N) is 2. The molecule has 3 aromatic carbocycles. The molecular weight excluding hydrogens is 502 g/mol. The second-order valence-corrected chi connectivity index (χ2v) is 9.88. The Balaban J connectivity index is 1.43. The number of anilines is 1. The van der Waals surface area contributed by atoms with Crippen molar-refractivity contribution < 1.29 is 14.3 Å². The Kier molecular flexibility index (Phi) is 8.66. The number of primary amides is 1. The lowest BCUT2D eigenvalue weighted by Gasteiger charge is -2.13. The van der Waals surface area contributed by atoms with Gasteiger partial charge in [-0.2, -0.15) is 0 Å². The molecule has 0 saturated heterocycles. The molecule has 0 aliphatic heterocycles. The zero-order chi connectivity index (χ0) is 26.2. The molecule has 37 heavy (non-hydrogen) atoms. The van der Waals surface area contributed by atoms with E-state index in [2.05, 4.69) is 10.6 Å². The van der Waals surface area contributed by atoms with Gasteiger partial charge < -0.3 is 15.8 Å². The summed E-state index contributed by atoms with van der Waals surface area (Å²) in [5, 5.41) is 6.27. The molecule has 6 nitrogen and oxygen atoms in total. The number of nitrogens with two attached hydrogens (primary N) is 1. The number of ether oxygens (including phenoxy) is 1. The molecule has 0 atom stereocenters. The lowest BCUT2D eigenvalue weighted by Crippen LogP contribution is -2.34. The van der Waals surface area contributed by atoms with E-state index in [0.29, 0.717) is 34.9 Å². The van der Waals surface area contributed by atoms with Gasteiger partial charge in [0.15, 0.2) is 5.11 Å². The first-order valence-electron chi connectivity index (χ1n) is 11.8. The summed E-state index contributed by atoms with van der Waals surface area (Å²) in [4.78, 5) is 26.2. The highest BCUT2D eigenvalue weighted by Crippen LogP contribution is 2.34. The van der Waals surface area contributed by atoms with Crippen LogP contribution in [-0.2, 0) is 12.8 Å². The van der Waals surface area contributed by atoms with Gasteiger partial charge in [0, 0.05) is 17.7 Å². The Bertz CT molecular complexity index is 1400. The van der Waals surface area contributed by atoms with Crippen molar-refractivity contribution in [2.24, 2.45) is 5.73 Å². The van der Waals surface area contributed by atoms with Crippen molar-refractivity contribution in [3.8, 4) is 5.75 Å². The average molecular weight is 530 g/mol. The van der Waals surface area contributed by atoms with Crippen molar-refractivity contribution in [1.82, 2.24) is 5.32 Å². The summed E-state index contributed by atoms with van der Waals surface area (Å²) in [6, 6.07) is 27.0. The molecule has 1 heterocycles. The predicted molar refractivity (Wildman–Crippen MR) is 153 cm³/mol. The number of benzene rings is 3. The zero-order valence-corrected chi connectivity index (χ0v) is 22.0. The third-order valence-electron chi connectivity index (χ3n) is 5.78. The van der Waals surface area contributed by atoms with Crippen LogP contribution in [0.15, 0.2) is 84.9 Å². The molecule has 2 amide bonds. The quantitative estimate of drug-likeness (QED) is 0.249. The monoisotopic (exact) mass is 529 g/mol. The van der Waals surface area contributed by atoms with Crippen molar-refractivity contribution >= 4 is 45.5 Å². The van der Waals surface area contributed by atoms with Crippen LogP contribution in [-0.4, -0.2) is 23.5 Å². The molecule has 8 heteroatoms. The first kappa shape index (κ1) is 26.1. The summed E-state index contributed by atoms with van der Waals surface area (Å²) in [6.45, 7) is 2.29. The molecule has 0 radical (unpaired) electrons. The number of thiophene rings is 1. The fourth-order valence-corrected chi connectivity index (χ4v) is 5.41. The second-order valence-electron chi connectivity index (χ2n) is 8.37. The molecule has 4 aromatic rings. The van der Waals surface area contributed by atoms with E-state index in [0.717, 1.165) is 28.0 Å². The van der Waals surface area contributed by atoms with Gasteiger partial charge in [0.05, 0.1) is 17.7 Å². The topological polar surface area (TPSA) is 93.4 Å². The molecule has 0 fully saturated rings. The van der Waals surface area contributed by atoms with Gasteiger partial charge in [0.2, 0.25) is 0 Å². The molecule has 188 valence electrons. The van der Waals surface area contributed by atoms with Crippen LogP contribution in [0.3, 0.4) is 0 Å². The van der Waals surface area contributed by atoms with Gasteiger partial charge in [-0.05, 0) is 48.0 Å². The lowest BCUT2D eigenvalue weighted by atomic mass is 10.1. The lowest BCUT2D eigenvalue weighted by molar-refractivity contribution is 0.0971. The maximum Gasteiger partial charge on any atom is 0.261 e. The van der Waals surface area contributed by atoms with Gasteiger partial charge in [-0.3, -0.25) is 14.9 Å². The van der Waals surface area contributed by atoms with Crippen LogP contribution in [0.4, 0.5) is 5.00 Å². The van der Waals surface area contributed by atoms with Crippen LogP contribution in [0.1, 0.15) is 42.3 Å². The Morgan fingerprint density at radius 3 is 2.22 bits per heavy atom. The van der Waals surface area contributed by atoms with Crippen LogP contribution < -0.4 is 21.1 Å². The fraction of sp³-hybridized carbons (Fsp3) is 0.138. The number of hydrogen-bond donors (Lipinski definition) is 3. The summed E-state index contributed by atoms with van der Waals surface area (Å²) in [6.07, 6.45) is 1.38. The molecule has 0 bridgehead atoms. The van der Waals surface area contributed by atoms with Crippen LogP contribution in [0, 0.1) is 6.92 Å². The number of carbonyl (C=O) groups is 2. The Morgan fingerprint density at radius 2 is 1.54 bits per heavy atom. The zero-order valence-electron chi connectivity index (χ0n) is 20.3. The third kappa shape index (κ3) is 6.81. The van der Waals surface area contributed by atoms with Crippen molar-refractivity contribution in [3.63, 3.8) is 0 Å². The Morgan fingerprint density at radius 1 is 0.919 bits per heavy atom. The largest absolute Gasteiger partial charge is 0.492 e. The number of amides is 2. The average Bonchev–Trinajstić information content (AvgIpc) is 3.19. The molecule has 0 aliphatic rings. The highest BCUT2D eigenvalue weighted by molar-refractivity contribution is 7.80. The number of thiocarbonyl (C=S) groups is 1. The molecule has 4 rings (SSSR count). The van der Waals surface area contributed by atoms with Crippen molar-refractivity contribution in [3.05, 3.63) is 118 Å². The van der Waals surface area contributed by atoms with E-state index >= 15 is 0 Å². The Labute approximate surface area is 225 Å². The van der Waals surface area contributed by atoms with Gasteiger partial charge in [-0.1, -0.05) is 72.8 Å². The van der Waals surface area contributed by atoms with Gasteiger partial charge >= 0.3 is 0 Å². The summed E-state index contributed by atoms with van der Waals surface area (Å²) < 4.78 is 5.90. The van der Waals surface area contributed by atoms with Gasteiger partial charge in [0.25, 0.3) is 11.8 Å². The van der Waals surface area contributed by atoms with Crippen LogP contribution in [0.2, 0.25) is 0 Å². The van der Waals surface area contributed by atoms with Crippen LogP contribution in [0.25, 0.3) is 0 Å². The fourth-order valence-electron chi connectivity index (χ4n) is 3.90. The van der Waals surface area contributed by atoms with E-state index in [4.69, 9.17) is 22.7 Å². The molecular formula is C29H27N3O3S2. The van der Waals surface area contributed by atoms with E-state index in [1.807, 2.05) is 73.7 Å². The maximum absolute atomic E-state index is 13.0. The minimum atomic E-state index is -0.554. The van der Waals surface area contributed by atoms with E-state index in [1.165, 1.54) is 11.3 Å². The first-order valence-corrected chi connectivity index (χ1v) is 13.0. The van der Waals surface area contributed by atoms with Crippen LogP contribution in [0.5, 0.6) is 5.75 Å². The number of rotatable bonds is 9. The molecule has 0 unspecified atom stereocenters. The number of carbonyl (C=O) groups excluding carboxylic acids is 2. The molecule has 1 aromatic heterocycles. The van der Waals surface area contributed by atoms with Crippen LogP contribution >= 0.6 is 23.6 Å². The van der Waals surface area contributed by atoms with E-state index in [9.17, 15) is 9.59 Å².